The third-order valence-electron chi connectivity index (χ3n) is 5.17. The Balaban J connectivity index is 1.35. The molecule has 0 unspecified atom stereocenters. The van der Waals surface area contributed by atoms with Gasteiger partial charge < -0.3 is 4.90 Å². The average Bonchev–Trinajstić information content (AvgIpc) is 3.30. The van der Waals surface area contributed by atoms with Gasteiger partial charge in [-0.1, -0.05) is 23.9 Å². The summed E-state index contributed by atoms with van der Waals surface area (Å²) in [6.45, 7) is 1.08. The highest BCUT2D eigenvalue weighted by Crippen LogP contribution is 2.35. The van der Waals surface area contributed by atoms with Crippen molar-refractivity contribution in [1.82, 2.24) is 19.9 Å². The maximum absolute atomic E-state index is 13.7. The van der Waals surface area contributed by atoms with Crippen molar-refractivity contribution >= 4 is 34.7 Å². The zero-order valence-electron chi connectivity index (χ0n) is 16.7. The number of likely N-dealkylation sites (tertiary alicyclic amines) is 1. The van der Waals surface area contributed by atoms with E-state index in [1.807, 2.05) is 5.38 Å². The second-order valence-corrected chi connectivity index (χ2v) is 9.03. The van der Waals surface area contributed by atoms with Gasteiger partial charge in [0.2, 0.25) is 5.91 Å². The number of nitro benzene ring substituents is 1. The molecule has 32 heavy (non-hydrogen) atoms. The molecule has 0 aliphatic carbocycles. The van der Waals surface area contributed by atoms with E-state index in [1.165, 1.54) is 17.4 Å². The zero-order valence-corrected chi connectivity index (χ0v) is 18.3. The molecular formula is C20H18FN5O4S2. The number of nitrogens with zero attached hydrogens (tertiary/aromatic N) is 4. The smallest absolute Gasteiger partial charge is 0.342 e. The van der Waals surface area contributed by atoms with Crippen LogP contribution in [0.2, 0.25) is 0 Å². The highest BCUT2D eigenvalue weighted by molar-refractivity contribution is 7.99. The number of nitro groups is 1. The number of carbonyl (C=O) groups excluding carboxylic acids is 1. The van der Waals surface area contributed by atoms with Crippen LogP contribution in [-0.2, 0) is 4.79 Å². The number of amides is 1. The number of benzene rings is 1. The molecule has 3 heterocycles. The van der Waals surface area contributed by atoms with Crippen LogP contribution in [0.5, 0.6) is 0 Å². The van der Waals surface area contributed by atoms with Crippen molar-refractivity contribution in [3.63, 3.8) is 0 Å². The minimum Gasteiger partial charge on any atom is -0.342 e. The first kappa shape index (κ1) is 22.1. The molecule has 0 radical (unpaired) electrons. The van der Waals surface area contributed by atoms with E-state index in [1.54, 1.807) is 23.1 Å². The number of hydrogen-bond acceptors (Lipinski definition) is 8. The Bertz CT molecular complexity index is 1210. The fraction of sp³-hybridized carbons (Fsp3) is 0.300. The second kappa shape index (κ2) is 9.57. The lowest BCUT2D eigenvalue weighted by atomic mass is 9.97. The number of aromatic amines is 1. The van der Waals surface area contributed by atoms with Crippen LogP contribution in [0.25, 0.3) is 11.3 Å². The van der Waals surface area contributed by atoms with Crippen molar-refractivity contribution in [2.45, 2.75) is 23.8 Å². The summed E-state index contributed by atoms with van der Waals surface area (Å²) in [5, 5.41) is 14.0. The molecule has 1 aromatic carbocycles. The molecule has 1 aliphatic rings. The van der Waals surface area contributed by atoms with E-state index in [0.29, 0.717) is 24.3 Å². The minimum atomic E-state index is -0.667. The molecule has 0 saturated carbocycles. The molecule has 1 aliphatic heterocycles. The summed E-state index contributed by atoms with van der Waals surface area (Å²) < 4.78 is 13.7. The Morgan fingerprint density at radius 1 is 1.34 bits per heavy atom. The van der Waals surface area contributed by atoms with E-state index in [9.17, 15) is 24.1 Å². The summed E-state index contributed by atoms with van der Waals surface area (Å²) in [5.41, 5.74) is 0.437. The van der Waals surface area contributed by atoms with Gasteiger partial charge in [-0.2, -0.15) is 4.98 Å². The van der Waals surface area contributed by atoms with Crippen LogP contribution in [0.4, 0.5) is 10.1 Å². The standard InChI is InChI=1S/C20H18FN5O4S2/c21-14-9-22-20(28)24-19(14)32-11-17(27)25-7-5-12(6-8-25)18-23-15(10-31-18)13-3-1-2-4-16(13)26(29)30/h1-4,9-10,12H,5-8,11H2,(H,22,24,28). The number of carbonyl (C=O) groups is 1. The van der Waals surface area contributed by atoms with Gasteiger partial charge in [-0.15, -0.1) is 11.3 Å². The van der Waals surface area contributed by atoms with Crippen molar-refractivity contribution in [3.8, 4) is 11.3 Å². The maximum Gasteiger partial charge on any atom is 0.345 e. The van der Waals surface area contributed by atoms with Gasteiger partial charge in [-0.25, -0.2) is 14.2 Å². The highest BCUT2D eigenvalue weighted by atomic mass is 32.2. The SMILES string of the molecule is O=C(CSc1[nH]c(=O)ncc1F)N1CCC(c2nc(-c3ccccc3[N+](=O)[O-])cs2)CC1. The third kappa shape index (κ3) is 4.86. The molecule has 1 saturated heterocycles. The molecule has 0 bridgehead atoms. The summed E-state index contributed by atoms with van der Waals surface area (Å²) in [7, 11) is 0. The van der Waals surface area contributed by atoms with Crippen LogP contribution in [0, 0.1) is 15.9 Å². The van der Waals surface area contributed by atoms with E-state index in [4.69, 9.17) is 0 Å². The highest BCUT2D eigenvalue weighted by Gasteiger charge is 2.27. The summed E-state index contributed by atoms with van der Waals surface area (Å²) in [5.74, 6) is -0.618. The maximum atomic E-state index is 13.7. The lowest BCUT2D eigenvalue weighted by Crippen LogP contribution is -2.39. The molecule has 0 atom stereocenters. The van der Waals surface area contributed by atoms with Crippen molar-refractivity contribution in [1.29, 1.82) is 0 Å². The van der Waals surface area contributed by atoms with E-state index in [0.717, 1.165) is 35.8 Å². The zero-order chi connectivity index (χ0) is 22.7. The summed E-state index contributed by atoms with van der Waals surface area (Å²) in [6.07, 6.45) is 2.28. The largest absolute Gasteiger partial charge is 0.345 e. The average molecular weight is 476 g/mol. The van der Waals surface area contributed by atoms with Gasteiger partial charge in [0, 0.05) is 30.5 Å². The molecule has 3 aromatic rings. The first-order valence-electron chi connectivity index (χ1n) is 9.77. The lowest BCUT2D eigenvalue weighted by molar-refractivity contribution is -0.384. The van der Waals surface area contributed by atoms with Crippen molar-refractivity contribution < 1.29 is 14.1 Å². The number of para-hydroxylation sites is 1. The number of thiazole rings is 1. The van der Waals surface area contributed by atoms with Crippen molar-refractivity contribution in [2.75, 3.05) is 18.8 Å². The van der Waals surface area contributed by atoms with Crippen molar-refractivity contribution in [2.24, 2.45) is 0 Å². The van der Waals surface area contributed by atoms with Gasteiger partial charge in [0.25, 0.3) is 5.69 Å². The molecule has 0 spiro atoms. The molecule has 1 N–H and O–H groups in total. The molecule has 4 rings (SSSR count). The van der Waals surface area contributed by atoms with Crippen LogP contribution in [0.1, 0.15) is 23.8 Å². The summed E-state index contributed by atoms with van der Waals surface area (Å²) in [4.78, 5) is 46.5. The Morgan fingerprint density at radius 2 is 2.09 bits per heavy atom. The normalized spacial score (nSPS) is 14.5. The van der Waals surface area contributed by atoms with E-state index < -0.39 is 16.4 Å². The Kier molecular flexibility index (Phi) is 6.61. The quantitative estimate of drug-likeness (QED) is 0.251. The van der Waals surface area contributed by atoms with Gasteiger partial charge in [-0.05, 0) is 18.9 Å². The van der Waals surface area contributed by atoms with E-state index >= 15 is 0 Å². The fourth-order valence-corrected chi connectivity index (χ4v) is 5.31. The number of nitrogens with one attached hydrogen (secondary N) is 1. The number of H-pyrrole nitrogens is 1. The third-order valence-corrected chi connectivity index (χ3v) is 7.15. The number of piperidine rings is 1. The predicted molar refractivity (Wildman–Crippen MR) is 118 cm³/mol. The Morgan fingerprint density at radius 3 is 2.84 bits per heavy atom. The number of aromatic nitrogens is 3. The number of thioether (sulfide) groups is 1. The Labute approximate surface area is 189 Å². The molecule has 1 amide bonds. The molecular weight excluding hydrogens is 457 g/mol. The van der Waals surface area contributed by atoms with Crippen LogP contribution in [0.15, 0.2) is 45.7 Å². The van der Waals surface area contributed by atoms with Crippen molar-refractivity contribution in [3.05, 3.63) is 67.3 Å². The molecule has 12 heteroatoms. The number of halogens is 1. The number of rotatable bonds is 6. The molecule has 9 nitrogen and oxygen atoms in total. The minimum absolute atomic E-state index is 0.00134. The lowest BCUT2D eigenvalue weighted by Gasteiger charge is -2.31. The molecule has 2 aromatic heterocycles. The van der Waals surface area contributed by atoms with Gasteiger partial charge in [-0.3, -0.25) is 19.9 Å². The predicted octanol–water partition coefficient (Wildman–Crippen LogP) is 3.44. The number of hydrogen-bond donors (Lipinski definition) is 1. The first-order valence-corrected chi connectivity index (χ1v) is 11.6. The van der Waals surface area contributed by atoms with Crippen LogP contribution >= 0.6 is 23.1 Å². The van der Waals surface area contributed by atoms with Gasteiger partial charge in [0.05, 0.1) is 33.1 Å². The van der Waals surface area contributed by atoms with E-state index in [-0.39, 0.29) is 28.3 Å². The topological polar surface area (TPSA) is 122 Å². The first-order chi connectivity index (χ1) is 15.4. The summed E-state index contributed by atoms with van der Waals surface area (Å²) >= 11 is 2.41. The van der Waals surface area contributed by atoms with Crippen LogP contribution < -0.4 is 5.69 Å². The second-order valence-electron chi connectivity index (χ2n) is 7.15. The van der Waals surface area contributed by atoms with Gasteiger partial charge >= 0.3 is 5.69 Å². The Hall–Kier alpha value is -3.12. The summed E-state index contributed by atoms with van der Waals surface area (Å²) in [6, 6.07) is 6.52. The fourth-order valence-electron chi connectivity index (χ4n) is 3.52. The van der Waals surface area contributed by atoms with Crippen LogP contribution in [0.3, 0.4) is 0 Å². The molecule has 1 fully saturated rings. The van der Waals surface area contributed by atoms with Gasteiger partial charge in [0.15, 0.2) is 5.82 Å². The molecule has 166 valence electrons. The monoisotopic (exact) mass is 475 g/mol. The van der Waals surface area contributed by atoms with Gasteiger partial charge in [0.1, 0.15) is 5.03 Å². The van der Waals surface area contributed by atoms with Crippen LogP contribution in [-0.4, -0.2) is 49.5 Å². The van der Waals surface area contributed by atoms with E-state index in [2.05, 4.69) is 15.0 Å².